The van der Waals surface area contributed by atoms with Gasteiger partial charge in [-0.15, -0.1) is 0 Å². The zero-order valence-corrected chi connectivity index (χ0v) is 16.1. The van der Waals surface area contributed by atoms with Gasteiger partial charge in [-0.2, -0.15) is 5.26 Å². The number of anilines is 1. The smallest absolute Gasteiger partial charge is 0.261 e. The molecule has 0 spiro atoms. The number of aldehydes is 1. The molecule has 3 aromatic carbocycles. The first-order valence-electron chi connectivity index (χ1n) is 8.79. The van der Waals surface area contributed by atoms with Gasteiger partial charge in [0.1, 0.15) is 12.4 Å². The Labute approximate surface area is 173 Å². The van der Waals surface area contributed by atoms with E-state index in [0.29, 0.717) is 27.9 Å². The number of amides is 1. The molecule has 0 aromatic heterocycles. The van der Waals surface area contributed by atoms with Gasteiger partial charge in [-0.05, 0) is 29.3 Å². The number of aliphatic hydroxyl groups is 1. The van der Waals surface area contributed by atoms with Crippen LogP contribution in [0.15, 0.2) is 72.8 Å². The average Bonchev–Trinajstić information content (AvgIpc) is 2.75. The highest BCUT2D eigenvalue weighted by Crippen LogP contribution is 2.29. The molecule has 5 nitrogen and oxygen atoms in total. The predicted molar refractivity (Wildman–Crippen MR) is 111 cm³/mol. The minimum absolute atomic E-state index is 0.00595. The van der Waals surface area contributed by atoms with Crippen LogP contribution in [0.1, 0.15) is 27.0 Å². The van der Waals surface area contributed by atoms with Gasteiger partial charge in [0.25, 0.3) is 5.91 Å². The first-order chi connectivity index (χ1) is 14.0. The first kappa shape index (κ1) is 20.3. The van der Waals surface area contributed by atoms with Crippen LogP contribution in [0.3, 0.4) is 0 Å². The lowest BCUT2D eigenvalue weighted by Gasteiger charge is -2.28. The average molecular weight is 405 g/mol. The summed E-state index contributed by atoms with van der Waals surface area (Å²) < 4.78 is 0. The van der Waals surface area contributed by atoms with Gasteiger partial charge in [-0.25, -0.2) is 0 Å². The second-order valence-corrected chi connectivity index (χ2v) is 6.93. The molecule has 0 aliphatic carbocycles. The van der Waals surface area contributed by atoms with E-state index in [2.05, 4.69) is 5.32 Å². The minimum Gasteiger partial charge on any atom is -0.375 e. The van der Waals surface area contributed by atoms with Crippen molar-refractivity contribution in [2.24, 2.45) is 0 Å². The van der Waals surface area contributed by atoms with E-state index in [1.165, 1.54) is 12.1 Å². The number of halogens is 1. The van der Waals surface area contributed by atoms with Crippen molar-refractivity contribution in [3.8, 4) is 6.07 Å². The number of rotatable bonds is 6. The molecule has 1 unspecified atom stereocenters. The molecule has 1 amide bonds. The molecule has 0 bridgehead atoms. The van der Waals surface area contributed by atoms with Crippen LogP contribution in [-0.2, 0) is 16.8 Å². The van der Waals surface area contributed by atoms with E-state index >= 15 is 0 Å². The molecule has 3 aromatic rings. The molecule has 1 atom stereocenters. The lowest BCUT2D eigenvalue weighted by Crippen LogP contribution is -2.42. The van der Waals surface area contributed by atoms with Crippen LogP contribution in [0.2, 0.25) is 5.02 Å². The van der Waals surface area contributed by atoms with E-state index in [1.54, 1.807) is 60.7 Å². The molecular weight excluding hydrogens is 388 g/mol. The summed E-state index contributed by atoms with van der Waals surface area (Å²) in [7, 11) is 0. The summed E-state index contributed by atoms with van der Waals surface area (Å²) in [5.41, 5.74) is 0.424. The van der Waals surface area contributed by atoms with Crippen LogP contribution in [0, 0.1) is 11.3 Å². The summed E-state index contributed by atoms with van der Waals surface area (Å²) in [4.78, 5) is 24.0. The predicted octanol–water partition coefficient (Wildman–Crippen LogP) is 4.09. The second kappa shape index (κ2) is 8.70. The van der Waals surface area contributed by atoms with E-state index in [4.69, 9.17) is 16.9 Å². The molecule has 0 fully saturated rings. The third-order valence-corrected chi connectivity index (χ3v) is 4.86. The molecule has 3 rings (SSSR count). The van der Waals surface area contributed by atoms with Crippen LogP contribution in [0.4, 0.5) is 5.69 Å². The zero-order chi connectivity index (χ0) is 20.9. The number of carbonyl (C=O) groups is 2. The van der Waals surface area contributed by atoms with Crippen molar-refractivity contribution in [3.05, 3.63) is 100 Å². The largest absolute Gasteiger partial charge is 0.375 e. The van der Waals surface area contributed by atoms with Gasteiger partial charge >= 0.3 is 0 Å². The maximum atomic E-state index is 13.1. The summed E-state index contributed by atoms with van der Waals surface area (Å²) in [6.45, 7) is 0. The molecule has 2 N–H and O–H groups in total. The zero-order valence-electron chi connectivity index (χ0n) is 15.3. The second-order valence-electron chi connectivity index (χ2n) is 6.52. The Morgan fingerprint density at radius 2 is 1.79 bits per heavy atom. The van der Waals surface area contributed by atoms with Gasteiger partial charge in [0, 0.05) is 17.7 Å². The van der Waals surface area contributed by atoms with E-state index in [9.17, 15) is 14.7 Å². The number of hydrogen-bond acceptors (Lipinski definition) is 4. The summed E-state index contributed by atoms with van der Waals surface area (Å²) in [5, 5.41) is 23.3. The first-order valence-corrected chi connectivity index (χ1v) is 9.17. The topological polar surface area (TPSA) is 90.2 Å². The Morgan fingerprint density at radius 1 is 1.10 bits per heavy atom. The van der Waals surface area contributed by atoms with E-state index in [0.717, 1.165) is 6.29 Å². The maximum absolute atomic E-state index is 13.1. The van der Waals surface area contributed by atoms with E-state index < -0.39 is 11.5 Å². The highest BCUT2D eigenvalue weighted by Gasteiger charge is 2.38. The highest BCUT2D eigenvalue weighted by molar-refractivity contribution is 6.32. The normalized spacial score (nSPS) is 12.4. The Morgan fingerprint density at radius 3 is 2.38 bits per heavy atom. The monoisotopic (exact) mass is 404 g/mol. The molecule has 144 valence electrons. The number of hydrogen-bond donors (Lipinski definition) is 2. The Kier molecular flexibility index (Phi) is 6.08. The number of carbonyl (C=O) groups excluding carboxylic acids is 2. The third kappa shape index (κ3) is 4.52. The highest BCUT2D eigenvalue weighted by atomic mass is 35.5. The maximum Gasteiger partial charge on any atom is 0.261 e. The molecule has 0 heterocycles. The van der Waals surface area contributed by atoms with Crippen LogP contribution >= 0.6 is 11.6 Å². The lowest BCUT2D eigenvalue weighted by atomic mass is 9.86. The SMILES string of the molecule is N#Cc1ccc(NC(=O)C(O)(Cc2ccc(C=O)cc2)c2ccccc2)cc1Cl. The van der Waals surface area contributed by atoms with Crippen molar-refractivity contribution in [1.29, 1.82) is 5.26 Å². The van der Waals surface area contributed by atoms with Crippen LogP contribution in [-0.4, -0.2) is 17.3 Å². The standard InChI is InChI=1S/C23H17ClN2O3/c24-21-12-20(11-10-18(21)14-25)26-22(28)23(29,19-4-2-1-3-5-19)13-16-6-8-17(15-27)9-7-16/h1-12,15,29H,13H2,(H,26,28). The lowest BCUT2D eigenvalue weighted by molar-refractivity contribution is -0.135. The molecule has 0 aliphatic rings. The van der Waals surface area contributed by atoms with E-state index in [-0.39, 0.29) is 11.4 Å². The molecule has 0 saturated carbocycles. The summed E-state index contributed by atoms with van der Waals surface area (Å²) in [5.74, 6) is -0.635. The number of nitrogens with zero attached hydrogens (tertiary/aromatic N) is 1. The fraction of sp³-hybridized carbons (Fsp3) is 0.0870. The van der Waals surface area contributed by atoms with Crippen molar-refractivity contribution in [2.45, 2.75) is 12.0 Å². The van der Waals surface area contributed by atoms with Gasteiger partial charge in [0.15, 0.2) is 5.60 Å². The number of nitriles is 1. The van der Waals surface area contributed by atoms with Crippen LogP contribution < -0.4 is 5.32 Å². The molecule has 6 heteroatoms. The van der Waals surface area contributed by atoms with E-state index in [1.807, 2.05) is 6.07 Å². The Balaban J connectivity index is 1.94. The van der Waals surface area contributed by atoms with Crippen LogP contribution in [0.25, 0.3) is 0 Å². The van der Waals surface area contributed by atoms with Crippen molar-refractivity contribution in [1.82, 2.24) is 0 Å². The van der Waals surface area contributed by atoms with Crippen LogP contribution in [0.5, 0.6) is 0 Å². The van der Waals surface area contributed by atoms with Crippen molar-refractivity contribution < 1.29 is 14.7 Å². The number of nitrogens with one attached hydrogen (secondary N) is 1. The van der Waals surface area contributed by atoms with Gasteiger partial charge in [0.2, 0.25) is 0 Å². The summed E-state index contributed by atoms with van der Waals surface area (Å²) in [6.07, 6.45) is 0.737. The Hall–Kier alpha value is -3.46. The van der Waals surface area contributed by atoms with Crippen molar-refractivity contribution in [2.75, 3.05) is 5.32 Å². The molecule has 0 radical (unpaired) electrons. The fourth-order valence-corrected chi connectivity index (χ4v) is 3.18. The third-order valence-electron chi connectivity index (χ3n) is 4.55. The summed E-state index contributed by atoms with van der Waals surface area (Å²) >= 11 is 6.04. The quantitative estimate of drug-likeness (QED) is 0.605. The molecular formula is C23H17ClN2O3. The van der Waals surface area contributed by atoms with Crippen molar-refractivity contribution in [3.63, 3.8) is 0 Å². The van der Waals surface area contributed by atoms with Gasteiger partial charge in [-0.1, -0.05) is 66.2 Å². The molecule has 0 aliphatic heterocycles. The summed E-state index contributed by atoms with van der Waals surface area (Å²) in [6, 6.07) is 21.7. The van der Waals surface area contributed by atoms with Gasteiger partial charge in [0.05, 0.1) is 10.6 Å². The van der Waals surface area contributed by atoms with Crippen molar-refractivity contribution >= 4 is 29.5 Å². The molecule has 0 saturated heterocycles. The van der Waals surface area contributed by atoms with Gasteiger partial charge < -0.3 is 10.4 Å². The molecule has 29 heavy (non-hydrogen) atoms. The van der Waals surface area contributed by atoms with Gasteiger partial charge in [-0.3, -0.25) is 9.59 Å². The Bertz CT molecular complexity index is 1080. The number of benzene rings is 3. The fourth-order valence-electron chi connectivity index (χ4n) is 2.95. The minimum atomic E-state index is -1.86.